The Kier molecular flexibility index (Phi) is 5.76. The predicted molar refractivity (Wildman–Crippen MR) is 111 cm³/mol. The van der Waals surface area contributed by atoms with E-state index in [9.17, 15) is 9.59 Å². The second kappa shape index (κ2) is 8.62. The number of amides is 2. The zero-order valence-electron chi connectivity index (χ0n) is 16.9. The van der Waals surface area contributed by atoms with Crippen molar-refractivity contribution in [2.45, 2.75) is 25.4 Å². The molecular weight excluding hydrogens is 388 g/mol. The summed E-state index contributed by atoms with van der Waals surface area (Å²) in [5.41, 5.74) is 2.32. The predicted octanol–water partition coefficient (Wildman–Crippen LogP) is 3.01. The third-order valence-electron chi connectivity index (χ3n) is 5.18. The number of ether oxygens (including phenoxy) is 4. The van der Waals surface area contributed by atoms with Crippen LogP contribution in [0.5, 0.6) is 17.2 Å². The minimum Gasteiger partial charge on any atom is -0.493 e. The van der Waals surface area contributed by atoms with Gasteiger partial charge < -0.3 is 29.6 Å². The van der Waals surface area contributed by atoms with Gasteiger partial charge >= 0.3 is 0 Å². The molecule has 1 fully saturated rings. The number of methoxy groups -OCH3 is 2. The first kappa shape index (κ1) is 20.0. The molecule has 2 amide bonds. The lowest BCUT2D eigenvalue weighted by Crippen LogP contribution is -2.27. The van der Waals surface area contributed by atoms with Gasteiger partial charge in [-0.1, -0.05) is 12.1 Å². The van der Waals surface area contributed by atoms with Gasteiger partial charge in [-0.05, 0) is 36.6 Å². The lowest BCUT2D eigenvalue weighted by atomic mass is 10.1. The lowest BCUT2D eigenvalue weighted by molar-refractivity contribution is -0.124. The number of anilines is 2. The highest BCUT2D eigenvalue weighted by molar-refractivity contribution is 6.07. The van der Waals surface area contributed by atoms with E-state index in [0.717, 1.165) is 18.4 Å². The Labute approximate surface area is 174 Å². The summed E-state index contributed by atoms with van der Waals surface area (Å²) in [7, 11) is 2.95. The molecular formula is C22H24N2O6. The van der Waals surface area contributed by atoms with E-state index in [4.69, 9.17) is 18.9 Å². The molecule has 2 heterocycles. The van der Waals surface area contributed by atoms with Crippen LogP contribution in [-0.4, -0.2) is 45.4 Å². The molecule has 158 valence electrons. The van der Waals surface area contributed by atoms with Gasteiger partial charge in [-0.2, -0.15) is 0 Å². The molecule has 0 aliphatic carbocycles. The van der Waals surface area contributed by atoms with Gasteiger partial charge in [0.1, 0.15) is 11.9 Å². The SMILES string of the molecule is COc1cc(C(=O)Nc2cccc3c2OCC3)cc(NC(=O)[C@H]2CCCO2)c1OC. The van der Waals surface area contributed by atoms with E-state index < -0.39 is 6.10 Å². The quantitative estimate of drug-likeness (QED) is 0.757. The van der Waals surface area contributed by atoms with Crippen LogP contribution in [0.2, 0.25) is 0 Å². The van der Waals surface area contributed by atoms with E-state index in [-0.39, 0.29) is 11.8 Å². The molecule has 30 heavy (non-hydrogen) atoms. The maximum absolute atomic E-state index is 13.0. The van der Waals surface area contributed by atoms with Gasteiger partial charge in [0.25, 0.3) is 11.8 Å². The third kappa shape index (κ3) is 3.91. The molecule has 4 rings (SSSR count). The molecule has 1 atom stereocenters. The highest BCUT2D eigenvalue weighted by atomic mass is 16.5. The highest BCUT2D eigenvalue weighted by Crippen LogP contribution is 2.38. The number of hydrogen-bond acceptors (Lipinski definition) is 6. The number of hydrogen-bond donors (Lipinski definition) is 2. The first-order valence-electron chi connectivity index (χ1n) is 9.85. The largest absolute Gasteiger partial charge is 0.493 e. The van der Waals surface area contributed by atoms with Crippen molar-refractivity contribution >= 4 is 23.2 Å². The Bertz CT molecular complexity index is 968. The Hall–Kier alpha value is -3.26. The van der Waals surface area contributed by atoms with E-state index in [1.165, 1.54) is 14.2 Å². The molecule has 0 spiro atoms. The Morgan fingerprint density at radius 2 is 1.93 bits per heavy atom. The van der Waals surface area contributed by atoms with Crippen molar-refractivity contribution in [2.24, 2.45) is 0 Å². The fraction of sp³-hybridized carbons (Fsp3) is 0.364. The normalized spacial score (nSPS) is 17.1. The molecule has 2 aliphatic heterocycles. The molecule has 0 bridgehead atoms. The van der Waals surface area contributed by atoms with Crippen LogP contribution in [-0.2, 0) is 16.0 Å². The van der Waals surface area contributed by atoms with Crippen LogP contribution in [0.1, 0.15) is 28.8 Å². The minimum atomic E-state index is -0.512. The average Bonchev–Trinajstić information content (AvgIpc) is 3.45. The maximum atomic E-state index is 13.0. The summed E-state index contributed by atoms with van der Waals surface area (Å²) in [6.07, 6.45) is 1.80. The number of para-hydroxylation sites is 1. The van der Waals surface area contributed by atoms with Crippen LogP contribution in [0.15, 0.2) is 30.3 Å². The van der Waals surface area contributed by atoms with E-state index in [0.29, 0.717) is 53.8 Å². The van der Waals surface area contributed by atoms with E-state index in [2.05, 4.69) is 10.6 Å². The van der Waals surface area contributed by atoms with Crippen molar-refractivity contribution in [3.63, 3.8) is 0 Å². The third-order valence-corrected chi connectivity index (χ3v) is 5.18. The summed E-state index contributed by atoms with van der Waals surface area (Å²) in [6, 6.07) is 8.79. The summed E-state index contributed by atoms with van der Waals surface area (Å²) in [5.74, 6) is 0.733. The van der Waals surface area contributed by atoms with Gasteiger partial charge in [0.2, 0.25) is 0 Å². The van der Waals surface area contributed by atoms with Gasteiger partial charge in [0.05, 0.1) is 32.2 Å². The molecule has 2 aromatic rings. The topological polar surface area (TPSA) is 95.1 Å². The summed E-state index contributed by atoms with van der Waals surface area (Å²) in [5, 5.41) is 5.69. The molecule has 0 saturated carbocycles. The molecule has 0 radical (unpaired) electrons. The van der Waals surface area contributed by atoms with Crippen molar-refractivity contribution in [3.05, 3.63) is 41.5 Å². The summed E-state index contributed by atoms with van der Waals surface area (Å²) < 4.78 is 21.9. The number of carbonyl (C=O) groups is 2. The fourth-order valence-electron chi connectivity index (χ4n) is 3.69. The number of benzene rings is 2. The molecule has 2 N–H and O–H groups in total. The van der Waals surface area contributed by atoms with E-state index >= 15 is 0 Å². The van der Waals surface area contributed by atoms with Crippen molar-refractivity contribution in [1.29, 1.82) is 0 Å². The average molecular weight is 412 g/mol. The zero-order valence-corrected chi connectivity index (χ0v) is 16.9. The van der Waals surface area contributed by atoms with Gasteiger partial charge in [-0.3, -0.25) is 9.59 Å². The number of carbonyl (C=O) groups excluding carboxylic acids is 2. The maximum Gasteiger partial charge on any atom is 0.255 e. The first-order chi connectivity index (χ1) is 14.6. The van der Waals surface area contributed by atoms with Gasteiger partial charge in [-0.25, -0.2) is 0 Å². The van der Waals surface area contributed by atoms with Crippen LogP contribution in [0.25, 0.3) is 0 Å². The highest BCUT2D eigenvalue weighted by Gasteiger charge is 2.26. The monoisotopic (exact) mass is 412 g/mol. The molecule has 0 aromatic heterocycles. The van der Waals surface area contributed by atoms with Crippen molar-refractivity contribution in [2.75, 3.05) is 38.1 Å². The van der Waals surface area contributed by atoms with Gasteiger partial charge in [-0.15, -0.1) is 0 Å². The van der Waals surface area contributed by atoms with Crippen LogP contribution in [0, 0.1) is 0 Å². The number of fused-ring (bicyclic) bond motifs is 1. The molecule has 0 unspecified atom stereocenters. The van der Waals surface area contributed by atoms with Gasteiger partial charge in [0.15, 0.2) is 11.5 Å². The first-order valence-corrected chi connectivity index (χ1v) is 9.85. The lowest BCUT2D eigenvalue weighted by Gasteiger charge is -2.17. The van der Waals surface area contributed by atoms with Crippen LogP contribution in [0.4, 0.5) is 11.4 Å². The second-order valence-corrected chi connectivity index (χ2v) is 7.10. The van der Waals surface area contributed by atoms with Crippen LogP contribution in [0.3, 0.4) is 0 Å². The smallest absolute Gasteiger partial charge is 0.255 e. The summed E-state index contributed by atoms with van der Waals surface area (Å²) in [6.45, 7) is 1.16. The van der Waals surface area contributed by atoms with Crippen LogP contribution >= 0.6 is 0 Å². The molecule has 8 nitrogen and oxygen atoms in total. The van der Waals surface area contributed by atoms with Crippen molar-refractivity contribution < 1.29 is 28.5 Å². The second-order valence-electron chi connectivity index (χ2n) is 7.10. The Morgan fingerprint density at radius 3 is 2.67 bits per heavy atom. The van der Waals surface area contributed by atoms with E-state index in [1.54, 1.807) is 18.2 Å². The fourth-order valence-corrected chi connectivity index (χ4v) is 3.69. The molecule has 2 aromatic carbocycles. The van der Waals surface area contributed by atoms with Crippen molar-refractivity contribution in [3.8, 4) is 17.2 Å². The van der Waals surface area contributed by atoms with Crippen LogP contribution < -0.4 is 24.8 Å². The molecule has 8 heteroatoms. The Morgan fingerprint density at radius 1 is 1.07 bits per heavy atom. The summed E-state index contributed by atoms with van der Waals surface area (Å²) >= 11 is 0. The number of nitrogens with one attached hydrogen (secondary N) is 2. The standard InChI is InChI=1S/C22H24N2O6/c1-27-18-12-14(21(25)23-15-6-3-5-13-8-10-30-19(13)15)11-16(20(18)28-2)24-22(26)17-7-4-9-29-17/h3,5-6,11-12,17H,4,7-10H2,1-2H3,(H,23,25)(H,24,26)/t17-/m1/s1. The minimum absolute atomic E-state index is 0.278. The summed E-state index contributed by atoms with van der Waals surface area (Å²) in [4.78, 5) is 25.5. The Balaban J connectivity index is 1.61. The number of rotatable bonds is 6. The molecule has 1 saturated heterocycles. The van der Waals surface area contributed by atoms with Crippen molar-refractivity contribution in [1.82, 2.24) is 0 Å². The molecule has 2 aliphatic rings. The zero-order chi connectivity index (χ0) is 21.1. The van der Waals surface area contributed by atoms with E-state index in [1.807, 2.05) is 12.1 Å². The van der Waals surface area contributed by atoms with Gasteiger partial charge in [0, 0.05) is 18.6 Å².